The highest BCUT2D eigenvalue weighted by Crippen LogP contribution is 2.50. The lowest BCUT2D eigenvalue weighted by molar-refractivity contribution is -0.0772. The van der Waals surface area contributed by atoms with Crippen molar-refractivity contribution in [3.8, 4) is 10.6 Å². The maximum atomic E-state index is 12.8. The fraction of sp³-hybridized carbons (Fsp3) is 0.529. The molecule has 25 heavy (non-hydrogen) atoms. The van der Waals surface area contributed by atoms with Crippen LogP contribution in [0.1, 0.15) is 39.5 Å². The molecule has 0 N–H and O–H groups in total. The van der Waals surface area contributed by atoms with Crippen LogP contribution in [0.25, 0.3) is 10.6 Å². The summed E-state index contributed by atoms with van der Waals surface area (Å²) in [6.45, 7) is 6.78. The third kappa shape index (κ3) is 2.60. The van der Waals surface area contributed by atoms with Crippen LogP contribution in [0.2, 0.25) is 0 Å². The highest BCUT2D eigenvalue weighted by molar-refractivity contribution is 7.17. The van der Waals surface area contributed by atoms with Gasteiger partial charge in [-0.15, -0.1) is 11.3 Å². The molecule has 0 bridgehead atoms. The summed E-state index contributed by atoms with van der Waals surface area (Å²) in [4.78, 5) is 36.0. The first-order valence-electron chi connectivity index (χ1n) is 8.28. The highest BCUT2D eigenvalue weighted by Gasteiger charge is 2.51. The Kier molecular flexibility index (Phi) is 3.59. The van der Waals surface area contributed by atoms with Crippen molar-refractivity contribution in [2.24, 2.45) is 12.5 Å². The summed E-state index contributed by atoms with van der Waals surface area (Å²) in [6.07, 6.45) is 2.24. The van der Waals surface area contributed by atoms with Crippen molar-refractivity contribution < 1.29 is 9.63 Å². The van der Waals surface area contributed by atoms with Crippen LogP contribution < -0.4 is 5.56 Å². The van der Waals surface area contributed by atoms with E-state index in [1.165, 1.54) is 21.1 Å². The van der Waals surface area contributed by atoms with Gasteiger partial charge in [-0.25, -0.2) is 14.7 Å². The fourth-order valence-corrected chi connectivity index (χ4v) is 4.24. The SMILES string of the molecule is Cc1nc(-c2c(C)c(C)nn(C)c2=O)sc1C(=O)N1CC2(CC2)CO1. The molecule has 1 saturated heterocycles. The van der Waals surface area contributed by atoms with E-state index in [-0.39, 0.29) is 16.9 Å². The molecule has 1 spiro atoms. The van der Waals surface area contributed by atoms with Crippen LogP contribution in [-0.2, 0) is 11.9 Å². The van der Waals surface area contributed by atoms with Crippen molar-refractivity contribution in [2.45, 2.75) is 33.6 Å². The second kappa shape index (κ2) is 5.47. The second-order valence-corrected chi connectivity index (χ2v) is 8.06. The molecule has 8 heteroatoms. The van der Waals surface area contributed by atoms with E-state index in [2.05, 4.69) is 10.1 Å². The molecule has 1 aliphatic heterocycles. The van der Waals surface area contributed by atoms with Crippen LogP contribution in [0.15, 0.2) is 4.79 Å². The summed E-state index contributed by atoms with van der Waals surface area (Å²) in [5.74, 6) is -0.162. The van der Waals surface area contributed by atoms with Gasteiger partial charge in [-0.1, -0.05) is 0 Å². The predicted octanol–water partition coefficient (Wildman–Crippen LogP) is 2.00. The molecule has 0 unspecified atom stereocenters. The first kappa shape index (κ1) is 16.4. The minimum atomic E-state index is -0.204. The standard InChI is InChI=1S/C17H20N4O3S/c1-9-10(2)19-20(4)15(22)12(9)14-18-11(3)13(25-14)16(23)21-7-17(5-6-17)8-24-21/h5-8H2,1-4H3. The van der Waals surface area contributed by atoms with Crippen LogP contribution in [-0.4, -0.2) is 38.9 Å². The van der Waals surface area contributed by atoms with Gasteiger partial charge in [0.2, 0.25) is 0 Å². The van der Waals surface area contributed by atoms with Gasteiger partial charge in [0, 0.05) is 12.5 Å². The lowest BCUT2D eigenvalue weighted by atomic mass is 10.1. The Balaban J connectivity index is 1.72. The van der Waals surface area contributed by atoms with E-state index in [1.807, 2.05) is 13.8 Å². The van der Waals surface area contributed by atoms with E-state index in [9.17, 15) is 9.59 Å². The van der Waals surface area contributed by atoms with Gasteiger partial charge < -0.3 is 0 Å². The van der Waals surface area contributed by atoms with Crippen molar-refractivity contribution >= 4 is 17.2 Å². The lowest BCUT2D eigenvalue weighted by Crippen LogP contribution is -2.27. The van der Waals surface area contributed by atoms with E-state index in [0.717, 1.165) is 24.1 Å². The number of carbonyl (C=O) groups is 1. The molecule has 0 atom stereocenters. The van der Waals surface area contributed by atoms with E-state index in [1.54, 1.807) is 14.0 Å². The smallest absolute Gasteiger partial charge is 0.270 e. The summed E-state index contributed by atoms with van der Waals surface area (Å²) < 4.78 is 1.32. The molecule has 3 heterocycles. The minimum Gasteiger partial charge on any atom is -0.270 e. The molecular formula is C17H20N4O3S. The van der Waals surface area contributed by atoms with Gasteiger partial charge in [0.25, 0.3) is 11.5 Å². The van der Waals surface area contributed by atoms with E-state index >= 15 is 0 Å². The average molecular weight is 360 g/mol. The number of hydroxylamine groups is 2. The number of amides is 1. The van der Waals surface area contributed by atoms with Gasteiger partial charge in [0.15, 0.2) is 0 Å². The Labute approximate surface area is 149 Å². The summed E-state index contributed by atoms with van der Waals surface area (Å²) in [5.41, 5.74) is 2.70. The van der Waals surface area contributed by atoms with Gasteiger partial charge in [-0.05, 0) is 39.2 Å². The molecule has 2 aromatic rings. The molecule has 2 aromatic heterocycles. The van der Waals surface area contributed by atoms with Crippen molar-refractivity contribution in [1.29, 1.82) is 0 Å². The molecule has 1 aliphatic carbocycles. The summed E-state index contributed by atoms with van der Waals surface area (Å²) >= 11 is 1.25. The molecule has 7 nitrogen and oxygen atoms in total. The van der Waals surface area contributed by atoms with Crippen molar-refractivity contribution in [2.75, 3.05) is 13.2 Å². The first-order valence-corrected chi connectivity index (χ1v) is 9.10. The fourth-order valence-electron chi connectivity index (χ4n) is 3.14. The molecule has 0 radical (unpaired) electrons. The van der Waals surface area contributed by atoms with Gasteiger partial charge in [0.1, 0.15) is 9.88 Å². The monoisotopic (exact) mass is 360 g/mol. The number of carbonyl (C=O) groups excluding carboxylic acids is 1. The number of aryl methyl sites for hydroxylation is 3. The maximum Gasteiger partial charge on any atom is 0.289 e. The molecule has 1 saturated carbocycles. The average Bonchev–Trinajstić information content (AvgIpc) is 3.01. The zero-order chi connectivity index (χ0) is 17.9. The Hall–Kier alpha value is -2.06. The van der Waals surface area contributed by atoms with E-state index in [4.69, 9.17) is 4.84 Å². The number of thiazole rings is 1. The normalized spacial score (nSPS) is 18.2. The van der Waals surface area contributed by atoms with Gasteiger partial charge >= 0.3 is 0 Å². The Bertz CT molecular complexity index is 942. The van der Waals surface area contributed by atoms with Crippen molar-refractivity contribution in [3.05, 3.63) is 32.2 Å². The molecule has 1 amide bonds. The predicted molar refractivity (Wildman–Crippen MR) is 93.5 cm³/mol. The van der Waals surface area contributed by atoms with Crippen LogP contribution in [0.3, 0.4) is 0 Å². The zero-order valence-corrected chi connectivity index (χ0v) is 15.6. The zero-order valence-electron chi connectivity index (χ0n) is 14.8. The van der Waals surface area contributed by atoms with Crippen molar-refractivity contribution in [3.63, 3.8) is 0 Å². The van der Waals surface area contributed by atoms with E-state index in [0.29, 0.717) is 34.3 Å². The van der Waals surface area contributed by atoms with Gasteiger partial charge in [0.05, 0.1) is 30.1 Å². The minimum absolute atomic E-state index is 0.162. The molecule has 2 fully saturated rings. The molecule has 4 rings (SSSR count). The summed E-state index contributed by atoms with van der Waals surface area (Å²) in [7, 11) is 1.62. The summed E-state index contributed by atoms with van der Waals surface area (Å²) in [5, 5.41) is 6.21. The van der Waals surface area contributed by atoms with Crippen LogP contribution >= 0.6 is 11.3 Å². The molecule has 2 aliphatic rings. The number of rotatable bonds is 2. The Morgan fingerprint density at radius 2 is 1.96 bits per heavy atom. The van der Waals surface area contributed by atoms with Crippen LogP contribution in [0.4, 0.5) is 0 Å². The number of aromatic nitrogens is 3. The summed E-state index contributed by atoms with van der Waals surface area (Å²) in [6, 6.07) is 0. The van der Waals surface area contributed by atoms with Crippen molar-refractivity contribution in [1.82, 2.24) is 19.8 Å². The Morgan fingerprint density at radius 1 is 1.24 bits per heavy atom. The van der Waals surface area contributed by atoms with Crippen LogP contribution in [0, 0.1) is 26.2 Å². The van der Waals surface area contributed by atoms with Gasteiger partial charge in [-0.3, -0.25) is 14.4 Å². The topological polar surface area (TPSA) is 77.3 Å². The first-order chi connectivity index (χ1) is 11.8. The molecule has 132 valence electrons. The number of hydrogen-bond donors (Lipinski definition) is 0. The van der Waals surface area contributed by atoms with Gasteiger partial charge in [-0.2, -0.15) is 5.10 Å². The largest absolute Gasteiger partial charge is 0.289 e. The highest BCUT2D eigenvalue weighted by atomic mass is 32.1. The van der Waals surface area contributed by atoms with Crippen LogP contribution in [0.5, 0.6) is 0 Å². The molecular weight excluding hydrogens is 340 g/mol. The Morgan fingerprint density at radius 3 is 2.60 bits per heavy atom. The third-order valence-electron chi connectivity index (χ3n) is 5.12. The molecule has 0 aromatic carbocycles. The third-order valence-corrected chi connectivity index (χ3v) is 6.28. The quantitative estimate of drug-likeness (QED) is 0.819. The van der Waals surface area contributed by atoms with E-state index < -0.39 is 0 Å². The lowest BCUT2D eigenvalue weighted by Gasteiger charge is -2.13. The maximum absolute atomic E-state index is 12.8. The number of nitrogens with zero attached hydrogens (tertiary/aromatic N) is 4. The number of hydrogen-bond acceptors (Lipinski definition) is 6. The second-order valence-electron chi connectivity index (χ2n) is 7.06.